The van der Waals surface area contributed by atoms with Gasteiger partial charge in [-0.25, -0.2) is 0 Å². The molecule has 0 spiro atoms. The van der Waals surface area contributed by atoms with Crippen molar-refractivity contribution in [3.05, 3.63) is 36.5 Å². The summed E-state index contributed by atoms with van der Waals surface area (Å²) in [6.45, 7) is 3.98. The summed E-state index contributed by atoms with van der Waals surface area (Å²) >= 11 is 0. The lowest BCUT2D eigenvalue weighted by Crippen LogP contribution is -2.28. The molecule has 0 bridgehead atoms. The molecule has 0 fully saturated rings. The number of carbonyl (C=O) groups is 2. The lowest BCUT2D eigenvalue weighted by atomic mass is 10.1. The van der Waals surface area contributed by atoms with Gasteiger partial charge in [0, 0.05) is 12.8 Å². The molecule has 1 N–H and O–H groups in total. The fourth-order valence-corrected chi connectivity index (χ4v) is 4.45. The molecule has 0 amide bonds. The number of carbonyl (C=O) groups excluding carboxylic acids is 2. The summed E-state index contributed by atoms with van der Waals surface area (Å²) in [5.74, 6) is -0.613. The van der Waals surface area contributed by atoms with Crippen molar-refractivity contribution in [2.45, 2.75) is 161 Å². The van der Waals surface area contributed by atoms with E-state index in [0.717, 1.165) is 70.6 Å². The maximum atomic E-state index is 12.1. The van der Waals surface area contributed by atoms with Crippen LogP contribution in [0.15, 0.2) is 36.5 Å². The lowest BCUT2D eigenvalue weighted by molar-refractivity contribution is -0.161. The first-order chi connectivity index (χ1) is 19.6. The number of ether oxygens (including phenoxy) is 2. The molecule has 40 heavy (non-hydrogen) atoms. The Kier molecular flexibility index (Phi) is 30.2. The van der Waals surface area contributed by atoms with Crippen molar-refractivity contribution in [2.75, 3.05) is 13.2 Å². The molecule has 0 saturated carbocycles. The van der Waals surface area contributed by atoms with Gasteiger partial charge in [0.1, 0.15) is 6.61 Å². The molecule has 0 aromatic rings. The van der Waals surface area contributed by atoms with Crippen molar-refractivity contribution in [3.8, 4) is 0 Å². The summed E-state index contributed by atoms with van der Waals surface area (Å²) in [6, 6.07) is 0. The summed E-state index contributed by atoms with van der Waals surface area (Å²) in [4.78, 5) is 24.1. The van der Waals surface area contributed by atoms with Gasteiger partial charge < -0.3 is 14.6 Å². The summed E-state index contributed by atoms with van der Waals surface area (Å²) in [7, 11) is 0. The first kappa shape index (κ1) is 38.1. The highest BCUT2D eigenvalue weighted by Gasteiger charge is 2.16. The first-order valence-electron chi connectivity index (χ1n) is 16.5. The Morgan fingerprint density at radius 1 is 0.600 bits per heavy atom. The summed E-state index contributed by atoms with van der Waals surface area (Å²) < 4.78 is 10.5. The summed E-state index contributed by atoms with van der Waals surface area (Å²) in [6.07, 6.45) is 36.2. The molecule has 232 valence electrons. The van der Waals surface area contributed by atoms with Crippen LogP contribution in [0.4, 0.5) is 0 Å². The standard InChI is InChI=1S/C35H62O5/c1-3-5-7-9-11-13-15-16-17-18-20-22-24-26-28-30-35(38)40-33(31-36)32-39-34(37)29-27-25-23-21-19-14-12-10-8-6-4-2/h5,7,11,13,16-17,33,36H,3-4,6,8-10,12,14-15,18-32H2,1-2H3/b7-5+,13-11+,17-16+/t33-/m0/s1. The van der Waals surface area contributed by atoms with Crippen molar-refractivity contribution in [2.24, 2.45) is 0 Å². The Bertz CT molecular complexity index is 652. The van der Waals surface area contributed by atoms with Crippen LogP contribution >= 0.6 is 0 Å². The Balaban J connectivity index is 3.62. The normalized spacial score (nSPS) is 12.6. The van der Waals surface area contributed by atoms with Crippen LogP contribution in [-0.4, -0.2) is 36.4 Å². The van der Waals surface area contributed by atoms with Crippen LogP contribution in [0.25, 0.3) is 0 Å². The quantitative estimate of drug-likeness (QED) is 0.0558. The Labute approximate surface area is 246 Å². The van der Waals surface area contributed by atoms with E-state index in [-0.39, 0.29) is 25.2 Å². The zero-order valence-electron chi connectivity index (χ0n) is 26.1. The van der Waals surface area contributed by atoms with E-state index in [1.54, 1.807) is 0 Å². The minimum Gasteiger partial charge on any atom is -0.462 e. The number of rotatable bonds is 29. The highest BCUT2D eigenvalue weighted by molar-refractivity contribution is 5.70. The zero-order chi connectivity index (χ0) is 29.4. The fraction of sp³-hybridized carbons (Fsp3) is 0.771. The van der Waals surface area contributed by atoms with Crippen LogP contribution in [0.5, 0.6) is 0 Å². The van der Waals surface area contributed by atoms with Gasteiger partial charge in [-0.1, -0.05) is 134 Å². The van der Waals surface area contributed by atoms with E-state index in [1.165, 1.54) is 57.8 Å². The minimum atomic E-state index is -0.775. The summed E-state index contributed by atoms with van der Waals surface area (Å²) in [5.41, 5.74) is 0. The Hall–Kier alpha value is -1.88. The predicted octanol–water partition coefficient (Wildman–Crippen LogP) is 9.72. The van der Waals surface area contributed by atoms with Crippen LogP contribution in [-0.2, 0) is 19.1 Å². The number of aliphatic hydroxyl groups excluding tert-OH is 1. The molecule has 0 radical (unpaired) electrons. The third kappa shape index (κ3) is 29.1. The largest absolute Gasteiger partial charge is 0.462 e. The van der Waals surface area contributed by atoms with Gasteiger partial charge in [-0.3, -0.25) is 9.59 Å². The number of unbranched alkanes of at least 4 members (excludes halogenated alkanes) is 15. The van der Waals surface area contributed by atoms with Crippen LogP contribution in [0.1, 0.15) is 155 Å². The maximum Gasteiger partial charge on any atom is 0.306 e. The van der Waals surface area contributed by atoms with Crippen molar-refractivity contribution in [3.63, 3.8) is 0 Å². The molecule has 1 atom stereocenters. The molecule has 5 nitrogen and oxygen atoms in total. The molecule has 5 heteroatoms. The second-order valence-corrected chi connectivity index (χ2v) is 10.9. The lowest BCUT2D eigenvalue weighted by Gasteiger charge is -2.15. The van der Waals surface area contributed by atoms with E-state index in [1.807, 2.05) is 0 Å². The van der Waals surface area contributed by atoms with Crippen molar-refractivity contribution in [1.29, 1.82) is 0 Å². The fourth-order valence-electron chi connectivity index (χ4n) is 4.45. The van der Waals surface area contributed by atoms with E-state index in [4.69, 9.17) is 9.47 Å². The van der Waals surface area contributed by atoms with E-state index in [2.05, 4.69) is 50.3 Å². The third-order valence-corrected chi connectivity index (χ3v) is 6.95. The van der Waals surface area contributed by atoms with Gasteiger partial charge >= 0.3 is 11.9 Å². The van der Waals surface area contributed by atoms with Gasteiger partial charge in [-0.2, -0.15) is 0 Å². The third-order valence-electron chi connectivity index (χ3n) is 6.95. The first-order valence-corrected chi connectivity index (χ1v) is 16.5. The van der Waals surface area contributed by atoms with Gasteiger partial charge in [0.25, 0.3) is 0 Å². The molecule has 0 unspecified atom stereocenters. The maximum absolute atomic E-state index is 12.1. The molecular formula is C35H62O5. The van der Waals surface area contributed by atoms with E-state index in [0.29, 0.717) is 12.8 Å². The molecule has 0 rings (SSSR count). The van der Waals surface area contributed by atoms with Crippen LogP contribution in [0.3, 0.4) is 0 Å². The second-order valence-electron chi connectivity index (χ2n) is 10.9. The molecule has 0 aromatic carbocycles. The monoisotopic (exact) mass is 562 g/mol. The van der Waals surface area contributed by atoms with Gasteiger partial charge in [-0.15, -0.1) is 0 Å². The van der Waals surface area contributed by atoms with E-state index < -0.39 is 6.10 Å². The summed E-state index contributed by atoms with van der Waals surface area (Å²) in [5, 5.41) is 9.49. The van der Waals surface area contributed by atoms with Gasteiger partial charge in [0.05, 0.1) is 6.61 Å². The van der Waals surface area contributed by atoms with Crippen LogP contribution < -0.4 is 0 Å². The van der Waals surface area contributed by atoms with Gasteiger partial charge in [-0.05, 0) is 44.9 Å². The molecule has 0 saturated heterocycles. The highest BCUT2D eigenvalue weighted by atomic mass is 16.6. The molecular weight excluding hydrogens is 500 g/mol. The number of hydrogen-bond donors (Lipinski definition) is 1. The SMILES string of the molecule is CC/C=C/C/C=C/C/C=C/CCCCCCCC(=O)O[C@@H](CO)COC(=O)CCCCCCCCCCCCC. The van der Waals surface area contributed by atoms with Crippen LogP contribution in [0, 0.1) is 0 Å². The average Bonchev–Trinajstić information content (AvgIpc) is 2.96. The molecule has 0 aliphatic carbocycles. The number of hydrogen-bond acceptors (Lipinski definition) is 5. The molecule has 0 aliphatic heterocycles. The topological polar surface area (TPSA) is 72.8 Å². The van der Waals surface area contributed by atoms with E-state index >= 15 is 0 Å². The average molecular weight is 563 g/mol. The molecule has 0 aromatic heterocycles. The number of allylic oxidation sites excluding steroid dienone is 6. The minimum absolute atomic E-state index is 0.0711. The highest BCUT2D eigenvalue weighted by Crippen LogP contribution is 2.13. The Morgan fingerprint density at radius 3 is 1.62 bits per heavy atom. The van der Waals surface area contributed by atoms with E-state index in [9.17, 15) is 14.7 Å². The smallest absolute Gasteiger partial charge is 0.306 e. The number of esters is 2. The van der Waals surface area contributed by atoms with Crippen LogP contribution in [0.2, 0.25) is 0 Å². The van der Waals surface area contributed by atoms with Crippen molar-refractivity contribution < 1.29 is 24.2 Å². The van der Waals surface area contributed by atoms with Crippen molar-refractivity contribution >= 4 is 11.9 Å². The zero-order valence-corrected chi connectivity index (χ0v) is 26.1. The Morgan fingerprint density at radius 2 is 1.07 bits per heavy atom. The van der Waals surface area contributed by atoms with Gasteiger partial charge in [0.2, 0.25) is 0 Å². The number of aliphatic hydroxyl groups is 1. The van der Waals surface area contributed by atoms with Gasteiger partial charge in [0.15, 0.2) is 6.10 Å². The second kappa shape index (κ2) is 31.6. The van der Waals surface area contributed by atoms with Crippen molar-refractivity contribution in [1.82, 2.24) is 0 Å². The molecule has 0 heterocycles. The predicted molar refractivity (Wildman–Crippen MR) is 168 cm³/mol. The molecule has 0 aliphatic rings.